The third-order valence-electron chi connectivity index (χ3n) is 5.76. The van der Waals surface area contributed by atoms with Gasteiger partial charge >= 0.3 is 0 Å². The van der Waals surface area contributed by atoms with Crippen LogP contribution >= 0.6 is 0 Å². The van der Waals surface area contributed by atoms with Crippen LogP contribution in [0.5, 0.6) is 5.75 Å². The number of nitrogens with two attached hydrogens (primary N) is 1. The van der Waals surface area contributed by atoms with Crippen molar-refractivity contribution in [1.29, 1.82) is 0 Å². The Balaban J connectivity index is 1.45. The summed E-state index contributed by atoms with van der Waals surface area (Å²) in [7, 11) is -1.54. The highest BCUT2D eigenvalue weighted by atomic mass is 32.2. The SMILES string of the molecule is NC(=O)C1(S(=O)c2ccc(OCCCNC(=O)C3CCCC3)cc2)CCOCC1. The van der Waals surface area contributed by atoms with Crippen LogP contribution in [0.3, 0.4) is 0 Å². The van der Waals surface area contributed by atoms with Crippen LogP contribution < -0.4 is 15.8 Å². The molecule has 1 aliphatic carbocycles. The molecule has 0 spiro atoms. The van der Waals surface area contributed by atoms with Crippen LogP contribution in [0.2, 0.25) is 0 Å². The standard InChI is InChI=1S/C21H30N2O5S/c22-20(25)21(10-14-27-15-11-21)29(26)18-8-6-17(7-9-18)28-13-3-12-23-19(24)16-4-1-2-5-16/h6-9,16H,1-5,10-15H2,(H2,22,25)(H,23,24). The molecular formula is C21H30N2O5S. The van der Waals surface area contributed by atoms with Crippen molar-refractivity contribution in [2.45, 2.75) is 54.6 Å². The molecule has 1 unspecified atom stereocenters. The first-order valence-electron chi connectivity index (χ1n) is 10.3. The number of hydrogen-bond acceptors (Lipinski definition) is 5. The number of carbonyl (C=O) groups excluding carboxylic acids is 2. The summed E-state index contributed by atoms with van der Waals surface area (Å²) in [6, 6.07) is 6.93. The van der Waals surface area contributed by atoms with E-state index >= 15 is 0 Å². The van der Waals surface area contributed by atoms with Gasteiger partial charge in [-0.25, -0.2) is 0 Å². The first-order chi connectivity index (χ1) is 14.0. The zero-order valence-electron chi connectivity index (χ0n) is 16.7. The quantitative estimate of drug-likeness (QED) is 0.591. The lowest BCUT2D eigenvalue weighted by Crippen LogP contribution is -2.51. The van der Waals surface area contributed by atoms with Gasteiger partial charge < -0.3 is 20.5 Å². The fourth-order valence-corrected chi connectivity index (χ4v) is 5.47. The maximum Gasteiger partial charge on any atom is 0.236 e. The molecule has 7 nitrogen and oxygen atoms in total. The van der Waals surface area contributed by atoms with E-state index < -0.39 is 21.5 Å². The summed E-state index contributed by atoms with van der Waals surface area (Å²) in [5, 5.41) is 2.97. The van der Waals surface area contributed by atoms with E-state index in [9.17, 15) is 13.8 Å². The van der Waals surface area contributed by atoms with Crippen molar-refractivity contribution in [3.05, 3.63) is 24.3 Å². The van der Waals surface area contributed by atoms with E-state index in [0.29, 0.717) is 49.9 Å². The second-order valence-electron chi connectivity index (χ2n) is 7.69. The van der Waals surface area contributed by atoms with E-state index in [1.165, 1.54) is 0 Å². The lowest BCUT2D eigenvalue weighted by molar-refractivity contribution is -0.125. The Morgan fingerprint density at radius 2 is 1.83 bits per heavy atom. The monoisotopic (exact) mass is 422 g/mol. The molecule has 3 rings (SSSR count). The largest absolute Gasteiger partial charge is 0.494 e. The maximum atomic E-state index is 13.0. The van der Waals surface area contributed by atoms with Crippen LogP contribution in [0.4, 0.5) is 0 Å². The maximum absolute atomic E-state index is 13.0. The Hall–Kier alpha value is -1.93. The van der Waals surface area contributed by atoms with E-state index in [4.69, 9.17) is 15.2 Å². The predicted octanol–water partition coefficient (Wildman–Crippen LogP) is 1.90. The highest BCUT2D eigenvalue weighted by Crippen LogP contribution is 2.32. The second-order valence-corrected chi connectivity index (χ2v) is 9.48. The van der Waals surface area contributed by atoms with E-state index in [2.05, 4.69) is 5.32 Å². The van der Waals surface area contributed by atoms with Crippen molar-refractivity contribution in [1.82, 2.24) is 5.32 Å². The van der Waals surface area contributed by atoms with Gasteiger partial charge in [0, 0.05) is 30.6 Å². The van der Waals surface area contributed by atoms with Crippen molar-refractivity contribution in [2.24, 2.45) is 11.7 Å². The van der Waals surface area contributed by atoms with Gasteiger partial charge in [-0.3, -0.25) is 13.8 Å². The summed E-state index contributed by atoms with van der Waals surface area (Å²) in [4.78, 5) is 24.5. The average molecular weight is 423 g/mol. The summed E-state index contributed by atoms with van der Waals surface area (Å²) in [6.45, 7) is 1.84. The first kappa shape index (κ1) is 21.8. The number of carbonyl (C=O) groups is 2. The molecule has 0 radical (unpaired) electrons. The minimum atomic E-state index is -1.54. The lowest BCUT2D eigenvalue weighted by Gasteiger charge is -2.33. The normalized spacial score (nSPS) is 20.1. The van der Waals surface area contributed by atoms with Crippen LogP contribution in [-0.4, -0.2) is 47.1 Å². The summed E-state index contributed by atoms with van der Waals surface area (Å²) in [5.41, 5.74) is 5.58. The third kappa shape index (κ3) is 5.36. The molecule has 8 heteroatoms. The fraction of sp³-hybridized carbons (Fsp3) is 0.619. The van der Waals surface area contributed by atoms with Gasteiger partial charge in [0.2, 0.25) is 11.8 Å². The summed E-state index contributed by atoms with van der Waals surface area (Å²) < 4.78 is 23.0. The Kier molecular flexibility index (Phi) is 7.66. The summed E-state index contributed by atoms with van der Waals surface area (Å²) in [6.07, 6.45) is 5.74. The molecule has 1 saturated heterocycles. The number of benzene rings is 1. The Morgan fingerprint density at radius 3 is 2.45 bits per heavy atom. The molecule has 1 saturated carbocycles. The lowest BCUT2D eigenvalue weighted by atomic mass is 9.98. The van der Waals surface area contributed by atoms with Crippen LogP contribution in [0.15, 0.2) is 29.2 Å². The second kappa shape index (κ2) is 10.2. The topological polar surface area (TPSA) is 108 Å². The summed E-state index contributed by atoms with van der Waals surface area (Å²) in [5.74, 6) is 0.460. The zero-order chi connectivity index (χ0) is 20.7. The number of hydrogen-bond donors (Lipinski definition) is 2. The molecule has 2 aliphatic rings. The van der Waals surface area contributed by atoms with Gasteiger partial charge in [-0.15, -0.1) is 0 Å². The molecule has 2 fully saturated rings. The van der Waals surface area contributed by atoms with Gasteiger partial charge in [-0.1, -0.05) is 12.8 Å². The van der Waals surface area contributed by atoms with Crippen molar-refractivity contribution >= 4 is 22.6 Å². The van der Waals surface area contributed by atoms with Crippen LogP contribution in [0.1, 0.15) is 44.9 Å². The van der Waals surface area contributed by atoms with Gasteiger partial charge in [-0.2, -0.15) is 0 Å². The molecule has 0 bridgehead atoms. The third-order valence-corrected chi connectivity index (χ3v) is 7.78. The molecule has 1 aromatic rings. The molecule has 1 atom stereocenters. The molecule has 1 heterocycles. The number of ether oxygens (including phenoxy) is 2. The number of amides is 2. The minimum absolute atomic E-state index is 0.158. The molecule has 1 aliphatic heterocycles. The average Bonchev–Trinajstić information content (AvgIpc) is 3.29. The predicted molar refractivity (Wildman–Crippen MR) is 110 cm³/mol. The van der Waals surface area contributed by atoms with Crippen molar-refractivity contribution in [3.63, 3.8) is 0 Å². The van der Waals surface area contributed by atoms with Gasteiger partial charge in [0.25, 0.3) is 0 Å². The van der Waals surface area contributed by atoms with Crippen LogP contribution in [0, 0.1) is 5.92 Å². The van der Waals surface area contributed by atoms with Crippen LogP contribution in [0.25, 0.3) is 0 Å². The van der Waals surface area contributed by atoms with Crippen LogP contribution in [-0.2, 0) is 25.1 Å². The Bertz CT molecular complexity index is 725. The van der Waals surface area contributed by atoms with E-state index in [0.717, 1.165) is 32.1 Å². The number of rotatable bonds is 9. The molecule has 160 valence electrons. The molecule has 3 N–H and O–H groups in total. The highest BCUT2D eigenvalue weighted by Gasteiger charge is 2.45. The molecule has 0 aromatic heterocycles. The fourth-order valence-electron chi connectivity index (χ4n) is 3.92. The van der Waals surface area contributed by atoms with Crippen molar-refractivity contribution in [3.8, 4) is 5.75 Å². The van der Waals surface area contributed by atoms with Gasteiger partial charge in [0.05, 0.1) is 17.4 Å². The van der Waals surface area contributed by atoms with Gasteiger partial charge in [0.1, 0.15) is 10.5 Å². The smallest absolute Gasteiger partial charge is 0.236 e. The molecule has 1 aromatic carbocycles. The number of primary amides is 1. The van der Waals surface area contributed by atoms with Crippen molar-refractivity contribution < 1.29 is 23.3 Å². The molecule has 29 heavy (non-hydrogen) atoms. The van der Waals surface area contributed by atoms with E-state index in [1.807, 2.05) is 0 Å². The Morgan fingerprint density at radius 1 is 1.17 bits per heavy atom. The highest BCUT2D eigenvalue weighted by molar-refractivity contribution is 7.87. The summed E-state index contributed by atoms with van der Waals surface area (Å²) >= 11 is 0. The van der Waals surface area contributed by atoms with Gasteiger partial charge in [0.15, 0.2) is 0 Å². The van der Waals surface area contributed by atoms with Gasteiger partial charge in [-0.05, 0) is 56.4 Å². The number of nitrogens with one attached hydrogen (secondary N) is 1. The zero-order valence-corrected chi connectivity index (χ0v) is 17.5. The van der Waals surface area contributed by atoms with E-state index in [1.54, 1.807) is 24.3 Å². The van der Waals surface area contributed by atoms with Crippen molar-refractivity contribution in [2.75, 3.05) is 26.4 Å². The minimum Gasteiger partial charge on any atom is -0.494 e. The molecule has 2 amide bonds. The molecular weight excluding hydrogens is 392 g/mol. The first-order valence-corrected chi connectivity index (χ1v) is 11.5. The van der Waals surface area contributed by atoms with E-state index in [-0.39, 0.29) is 11.8 Å². The Labute approximate surface area is 174 Å².